The summed E-state index contributed by atoms with van der Waals surface area (Å²) in [6, 6.07) is 6.16. The third-order valence-corrected chi connectivity index (χ3v) is 9.17. The molecular weight excluding hydrogens is 530 g/mol. The quantitative estimate of drug-likeness (QED) is 0.227. The van der Waals surface area contributed by atoms with Gasteiger partial charge in [0.1, 0.15) is 9.49 Å². The Kier molecular flexibility index (Phi) is 7.52. The van der Waals surface area contributed by atoms with Crippen LogP contribution in [-0.4, -0.2) is 33.5 Å². The fraction of sp³-hybridized carbons (Fsp3) is 0.500. The van der Waals surface area contributed by atoms with Crippen LogP contribution in [0.25, 0.3) is 10.6 Å². The van der Waals surface area contributed by atoms with Crippen LogP contribution in [0.15, 0.2) is 38.0 Å². The minimum Gasteiger partial charge on any atom is -0.427 e. The summed E-state index contributed by atoms with van der Waals surface area (Å²) in [5, 5.41) is 19.9. The fourth-order valence-corrected chi connectivity index (χ4v) is 6.63. The first-order valence-corrected chi connectivity index (χ1v) is 13.2. The summed E-state index contributed by atoms with van der Waals surface area (Å²) in [5.74, 6) is 1.02. The second-order valence-corrected chi connectivity index (χ2v) is 11.8. The zero-order chi connectivity index (χ0) is 23.7. The topological polar surface area (TPSA) is 104 Å². The Morgan fingerprint density at radius 2 is 2.00 bits per heavy atom. The predicted octanol–water partition coefficient (Wildman–Crippen LogP) is 6.17. The van der Waals surface area contributed by atoms with E-state index in [9.17, 15) is 14.9 Å². The molecule has 0 N–H and O–H groups in total. The zero-order valence-electron chi connectivity index (χ0n) is 18.4. The van der Waals surface area contributed by atoms with Crippen molar-refractivity contribution in [1.29, 1.82) is 0 Å². The normalized spacial score (nSPS) is 25.5. The van der Waals surface area contributed by atoms with Crippen LogP contribution in [0.3, 0.4) is 0 Å². The number of halogens is 1. The summed E-state index contributed by atoms with van der Waals surface area (Å²) in [4.78, 5) is 23.4. The average Bonchev–Trinajstić information content (AvgIpc) is 3.34. The van der Waals surface area contributed by atoms with Gasteiger partial charge in [-0.25, -0.2) is 4.79 Å². The molecule has 2 heterocycles. The summed E-state index contributed by atoms with van der Waals surface area (Å²) in [6.45, 7) is 6.65. The summed E-state index contributed by atoms with van der Waals surface area (Å²) in [7, 11) is 0. The maximum absolute atomic E-state index is 12.3. The van der Waals surface area contributed by atoms with E-state index < -0.39 is 17.2 Å². The Morgan fingerprint density at radius 3 is 2.67 bits per heavy atom. The van der Waals surface area contributed by atoms with Gasteiger partial charge in [0, 0.05) is 17.7 Å². The highest BCUT2D eigenvalue weighted by Crippen LogP contribution is 2.44. The number of ether oxygens (including phenoxy) is 2. The Hall–Kier alpha value is -1.82. The molecule has 33 heavy (non-hydrogen) atoms. The lowest BCUT2D eigenvalue weighted by molar-refractivity contribution is -0.384. The molecule has 0 amide bonds. The zero-order valence-corrected chi connectivity index (χ0v) is 21.6. The molecule has 11 heteroatoms. The van der Waals surface area contributed by atoms with Gasteiger partial charge >= 0.3 is 5.97 Å². The summed E-state index contributed by atoms with van der Waals surface area (Å²) < 4.78 is 12.9. The molecule has 1 aromatic heterocycles. The van der Waals surface area contributed by atoms with Gasteiger partial charge in [-0.05, 0) is 58.7 Å². The maximum atomic E-state index is 12.3. The van der Waals surface area contributed by atoms with Crippen molar-refractivity contribution in [2.45, 2.75) is 56.8 Å². The molecule has 0 bridgehead atoms. The van der Waals surface area contributed by atoms with Crippen LogP contribution in [0.5, 0.6) is 0 Å². The van der Waals surface area contributed by atoms with E-state index in [1.807, 2.05) is 0 Å². The number of aromatic nitrogens is 2. The number of carbonyl (C=O) groups is 1. The molecule has 4 rings (SSSR count). The lowest BCUT2D eigenvalue weighted by Crippen LogP contribution is -2.37. The second kappa shape index (κ2) is 10.2. The van der Waals surface area contributed by atoms with Crippen LogP contribution in [0.2, 0.25) is 0 Å². The highest BCUT2D eigenvalue weighted by Gasteiger charge is 2.40. The molecule has 1 fully saturated rings. The van der Waals surface area contributed by atoms with Gasteiger partial charge in [-0.1, -0.05) is 50.3 Å². The number of hydrogen-bond donors (Lipinski definition) is 0. The number of cyclic esters (lactones) is 1. The van der Waals surface area contributed by atoms with Crippen molar-refractivity contribution in [3.05, 3.63) is 43.8 Å². The Balaban J connectivity index is 1.50. The van der Waals surface area contributed by atoms with Crippen molar-refractivity contribution >= 4 is 50.7 Å². The largest absolute Gasteiger partial charge is 0.427 e. The average molecular weight is 554 g/mol. The van der Waals surface area contributed by atoms with E-state index in [2.05, 4.69) is 46.9 Å². The van der Waals surface area contributed by atoms with Gasteiger partial charge in [-0.15, -0.1) is 10.2 Å². The summed E-state index contributed by atoms with van der Waals surface area (Å²) >= 11 is 5.99. The number of carbonyl (C=O) groups excluding carboxylic acids is 1. The van der Waals surface area contributed by atoms with Crippen molar-refractivity contribution in [2.75, 3.05) is 0 Å². The van der Waals surface area contributed by atoms with E-state index in [0.717, 1.165) is 18.4 Å². The van der Waals surface area contributed by atoms with Gasteiger partial charge in [0.05, 0.1) is 15.9 Å². The number of thioether (sulfide) groups is 1. The monoisotopic (exact) mass is 553 g/mol. The standard InChI is InChI=1S/C22H24BrN3O5S2/c1-11(2)15-9-4-12(3)10-16(15)30-21-18(17(23)20(27)31-21)32-22-25-24-19(33-22)13-5-7-14(8-6-13)26(28)29/h5-8,11-12,15-16,21H,4,9-10H2,1-3H3/t12-,15+,16-,21+/m1/s1. The maximum Gasteiger partial charge on any atom is 0.348 e. The fourth-order valence-electron chi connectivity index (χ4n) is 4.21. The van der Waals surface area contributed by atoms with Crippen molar-refractivity contribution in [1.82, 2.24) is 10.2 Å². The van der Waals surface area contributed by atoms with Crippen LogP contribution < -0.4 is 0 Å². The van der Waals surface area contributed by atoms with E-state index in [1.54, 1.807) is 12.1 Å². The third-order valence-electron chi connectivity index (χ3n) is 6.01. The number of nitrogens with zero attached hydrogens (tertiary/aromatic N) is 3. The number of benzene rings is 1. The van der Waals surface area contributed by atoms with Crippen LogP contribution in [0.1, 0.15) is 40.0 Å². The lowest BCUT2D eigenvalue weighted by atomic mass is 9.75. The highest BCUT2D eigenvalue weighted by molar-refractivity contribution is 9.12. The Bertz CT molecular complexity index is 1070. The molecule has 0 unspecified atom stereocenters. The van der Waals surface area contributed by atoms with Crippen molar-refractivity contribution in [2.24, 2.45) is 17.8 Å². The molecule has 0 spiro atoms. The predicted molar refractivity (Wildman–Crippen MR) is 130 cm³/mol. The Labute approximate surface area is 208 Å². The molecule has 1 aliphatic carbocycles. The minimum absolute atomic E-state index is 0.0188. The molecule has 0 saturated heterocycles. The molecule has 1 aromatic carbocycles. The number of non-ortho nitro benzene ring substituents is 1. The number of nitro groups is 1. The number of nitro benzene ring substituents is 1. The highest BCUT2D eigenvalue weighted by atomic mass is 79.9. The van der Waals surface area contributed by atoms with Crippen LogP contribution in [0.4, 0.5) is 5.69 Å². The van der Waals surface area contributed by atoms with E-state index in [-0.39, 0.29) is 11.8 Å². The molecule has 2 aliphatic rings. The Morgan fingerprint density at radius 1 is 1.27 bits per heavy atom. The number of esters is 1. The van der Waals surface area contributed by atoms with Gasteiger partial charge in [-0.2, -0.15) is 0 Å². The van der Waals surface area contributed by atoms with Gasteiger partial charge in [-0.3, -0.25) is 10.1 Å². The van der Waals surface area contributed by atoms with E-state index >= 15 is 0 Å². The first-order valence-electron chi connectivity index (χ1n) is 10.7. The second-order valence-electron chi connectivity index (χ2n) is 8.70. The lowest BCUT2D eigenvalue weighted by Gasteiger charge is -2.38. The molecule has 176 valence electrons. The first kappa shape index (κ1) is 24.3. The first-order chi connectivity index (χ1) is 15.7. The van der Waals surface area contributed by atoms with Gasteiger partial charge in [0.25, 0.3) is 5.69 Å². The molecule has 8 nitrogen and oxygen atoms in total. The van der Waals surface area contributed by atoms with Crippen molar-refractivity contribution < 1.29 is 19.2 Å². The minimum atomic E-state index is -0.778. The van der Waals surface area contributed by atoms with Crippen LogP contribution in [-0.2, 0) is 14.3 Å². The molecule has 1 saturated carbocycles. The molecule has 0 radical (unpaired) electrons. The van der Waals surface area contributed by atoms with Crippen molar-refractivity contribution in [3.8, 4) is 10.6 Å². The van der Waals surface area contributed by atoms with Crippen LogP contribution >= 0.6 is 39.0 Å². The van der Waals surface area contributed by atoms with Gasteiger partial charge in [0.15, 0.2) is 4.34 Å². The third kappa shape index (κ3) is 5.47. The smallest absolute Gasteiger partial charge is 0.348 e. The molecule has 4 atom stereocenters. The summed E-state index contributed by atoms with van der Waals surface area (Å²) in [5.41, 5.74) is 0.755. The van der Waals surface area contributed by atoms with Crippen molar-refractivity contribution in [3.63, 3.8) is 0 Å². The van der Waals surface area contributed by atoms with E-state index in [4.69, 9.17) is 9.47 Å². The van der Waals surface area contributed by atoms with E-state index in [0.29, 0.717) is 36.5 Å². The van der Waals surface area contributed by atoms with E-state index in [1.165, 1.54) is 41.7 Å². The van der Waals surface area contributed by atoms with Gasteiger partial charge < -0.3 is 9.47 Å². The SMILES string of the molecule is CC(C)[C@@H]1CC[C@@H](C)C[C@H]1O[C@H]1OC(=O)C(Br)=C1Sc1nnc(-c2ccc([N+](=O)[O-])cc2)s1. The molecule has 1 aliphatic heterocycles. The summed E-state index contributed by atoms with van der Waals surface area (Å²) in [6.07, 6.45) is 2.47. The van der Waals surface area contributed by atoms with Crippen LogP contribution in [0, 0.1) is 27.9 Å². The molecular formula is C22H24BrN3O5S2. The van der Waals surface area contributed by atoms with Gasteiger partial charge in [0.2, 0.25) is 6.29 Å². The number of rotatable bonds is 7. The molecule has 2 aromatic rings. The number of hydrogen-bond acceptors (Lipinski definition) is 9.